The molecule has 8 heteroatoms. The zero-order valence-electron chi connectivity index (χ0n) is 11.4. The molecule has 0 aliphatic rings. The number of ether oxygens (including phenoxy) is 1. The van der Waals surface area contributed by atoms with Gasteiger partial charge in [-0.25, -0.2) is 4.98 Å². The predicted molar refractivity (Wildman–Crippen MR) is 76.2 cm³/mol. The highest BCUT2D eigenvalue weighted by atomic mass is 32.2. The number of imidazole rings is 1. The number of hydrogen-bond acceptors (Lipinski definition) is 5. The van der Waals surface area contributed by atoms with E-state index in [2.05, 4.69) is 9.71 Å². The van der Waals surface area contributed by atoms with E-state index in [1.165, 1.54) is 13.3 Å². The van der Waals surface area contributed by atoms with Crippen molar-refractivity contribution < 1.29 is 13.2 Å². The number of anilines is 2. The number of aryl methyl sites for hydroxylation is 2. The third-order valence-corrected chi connectivity index (χ3v) is 4.07. The quantitative estimate of drug-likeness (QED) is 0.824. The summed E-state index contributed by atoms with van der Waals surface area (Å²) in [6.07, 6.45) is 1.45. The maximum absolute atomic E-state index is 12.2. The van der Waals surface area contributed by atoms with Crippen LogP contribution < -0.4 is 15.2 Å². The summed E-state index contributed by atoms with van der Waals surface area (Å²) in [5, 5.41) is -0.0450. The number of nitrogens with zero attached hydrogens (tertiary/aromatic N) is 2. The minimum absolute atomic E-state index is 0.0450. The molecule has 0 spiro atoms. The Morgan fingerprint density at radius 2 is 2.10 bits per heavy atom. The summed E-state index contributed by atoms with van der Waals surface area (Å²) in [6.45, 7) is 1.73. The molecule has 7 nitrogen and oxygen atoms in total. The fraction of sp³-hybridized carbons (Fsp3) is 0.250. The summed E-state index contributed by atoms with van der Waals surface area (Å²) >= 11 is 0. The van der Waals surface area contributed by atoms with Gasteiger partial charge in [-0.15, -0.1) is 0 Å². The number of nitrogen functional groups attached to an aromatic ring is 1. The molecule has 0 aliphatic carbocycles. The second-order valence-electron chi connectivity index (χ2n) is 4.30. The molecule has 2 rings (SSSR count). The summed E-state index contributed by atoms with van der Waals surface area (Å²) in [4.78, 5) is 4.00. The topological polar surface area (TPSA) is 99.2 Å². The maximum atomic E-state index is 12.2. The lowest BCUT2D eigenvalue weighted by Crippen LogP contribution is -2.14. The van der Waals surface area contributed by atoms with Gasteiger partial charge in [-0.2, -0.15) is 8.42 Å². The minimum atomic E-state index is -3.76. The SMILES string of the molecule is COc1cc(N)ccc1NS(=O)(=O)c1cn(C)c(C)n1. The first-order chi connectivity index (χ1) is 9.33. The first kappa shape index (κ1) is 14.2. The van der Waals surface area contributed by atoms with E-state index in [4.69, 9.17) is 10.5 Å². The standard InChI is InChI=1S/C12H16N4O3S/c1-8-14-12(7-16(8)2)20(17,18)15-10-5-4-9(13)6-11(10)19-3/h4-7,15H,13H2,1-3H3. The van der Waals surface area contributed by atoms with E-state index < -0.39 is 10.0 Å². The molecule has 0 saturated carbocycles. The number of benzene rings is 1. The van der Waals surface area contributed by atoms with Crippen molar-refractivity contribution >= 4 is 21.4 Å². The Hall–Kier alpha value is -2.22. The molecule has 0 amide bonds. The molecule has 0 saturated heterocycles. The number of nitrogens with one attached hydrogen (secondary N) is 1. The van der Waals surface area contributed by atoms with E-state index in [1.54, 1.807) is 36.7 Å². The predicted octanol–water partition coefficient (Wildman–Crippen LogP) is 1.12. The second kappa shape index (κ2) is 5.04. The second-order valence-corrected chi connectivity index (χ2v) is 5.93. The molecule has 108 valence electrons. The summed E-state index contributed by atoms with van der Waals surface area (Å²) in [5.41, 5.74) is 6.42. The van der Waals surface area contributed by atoms with E-state index in [0.29, 0.717) is 22.9 Å². The van der Waals surface area contributed by atoms with Gasteiger partial charge in [0.25, 0.3) is 10.0 Å². The lowest BCUT2D eigenvalue weighted by molar-refractivity contribution is 0.417. The molecule has 1 heterocycles. The summed E-state index contributed by atoms with van der Waals surface area (Å²) in [5.74, 6) is 0.955. The van der Waals surface area contributed by atoms with Gasteiger partial charge < -0.3 is 15.0 Å². The Morgan fingerprint density at radius 1 is 1.40 bits per heavy atom. The van der Waals surface area contributed by atoms with Gasteiger partial charge in [-0.1, -0.05) is 0 Å². The highest BCUT2D eigenvalue weighted by Crippen LogP contribution is 2.28. The molecule has 0 bridgehead atoms. The van der Waals surface area contributed by atoms with Gasteiger partial charge in [0.2, 0.25) is 0 Å². The van der Waals surface area contributed by atoms with Crippen LogP contribution in [0, 0.1) is 6.92 Å². The number of hydrogen-bond donors (Lipinski definition) is 2. The Kier molecular flexibility index (Phi) is 3.58. The van der Waals surface area contributed by atoms with Gasteiger partial charge in [-0.05, 0) is 19.1 Å². The highest BCUT2D eigenvalue weighted by molar-refractivity contribution is 7.92. The van der Waals surface area contributed by atoms with Gasteiger partial charge in [0.05, 0.1) is 12.8 Å². The molecule has 2 aromatic rings. The Labute approximate surface area is 117 Å². The van der Waals surface area contributed by atoms with Gasteiger partial charge in [0.1, 0.15) is 11.6 Å². The van der Waals surface area contributed by atoms with Gasteiger partial charge in [-0.3, -0.25) is 4.72 Å². The number of rotatable bonds is 4. The van der Waals surface area contributed by atoms with Crippen LogP contribution in [-0.2, 0) is 17.1 Å². The Bertz CT molecular complexity index is 718. The van der Waals surface area contributed by atoms with E-state index in [-0.39, 0.29) is 5.03 Å². The van der Waals surface area contributed by atoms with Crippen molar-refractivity contribution in [3.05, 3.63) is 30.2 Å². The minimum Gasteiger partial charge on any atom is -0.494 e. The lowest BCUT2D eigenvalue weighted by Gasteiger charge is -2.11. The normalized spacial score (nSPS) is 11.3. The number of methoxy groups -OCH3 is 1. The van der Waals surface area contributed by atoms with Crippen molar-refractivity contribution in [3.63, 3.8) is 0 Å². The zero-order valence-corrected chi connectivity index (χ0v) is 12.2. The molecule has 0 fully saturated rings. The van der Waals surface area contributed by atoms with Crippen molar-refractivity contribution in [1.82, 2.24) is 9.55 Å². The van der Waals surface area contributed by atoms with Crippen LogP contribution in [0.15, 0.2) is 29.4 Å². The summed E-state index contributed by atoms with van der Waals surface area (Å²) < 4.78 is 33.7. The van der Waals surface area contributed by atoms with Gasteiger partial charge in [0.15, 0.2) is 5.03 Å². The lowest BCUT2D eigenvalue weighted by atomic mass is 10.2. The van der Waals surface area contributed by atoms with Crippen LogP contribution in [0.25, 0.3) is 0 Å². The van der Waals surface area contributed by atoms with Crippen LogP contribution in [0.2, 0.25) is 0 Å². The Balaban J connectivity index is 2.38. The number of aromatic nitrogens is 2. The van der Waals surface area contributed by atoms with E-state index in [0.717, 1.165) is 0 Å². The smallest absolute Gasteiger partial charge is 0.281 e. The third-order valence-electron chi connectivity index (χ3n) is 2.83. The van der Waals surface area contributed by atoms with Gasteiger partial charge >= 0.3 is 0 Å². The average molecular weight is 296 g/mol. The first-order valence-corrected chi connectivity index (χ1v) is 7.28. The third kappa shape index (κ3) is 2.69. The van der Waals surface area contributed by atoms with Crippen molar-refractivity contribution in [1.29, 1.82) is 0 Å². The summed E-state index contributed by atoms with van der Waals surface area (Å²) in [7, 11) is -0.594. The van der Waals surface area contributed by atoms with Crippen LogP contribution in [-0.4, -0.2) is 25.1 Å². The summed E-state index contributed by atoms with van der Waals surface area (Å²) in [6, 6.07) is 4.67. The van der Waals surface area contributed by atoms with Crippen LogP contribution in [0.3, 0.4) is 0 Å². The molecular weight excluding hydrogens is 280 g/mol. The maximum Gasteiger partial charge on any atom is 0.281 e. The van der Waals surface area contributed by atoms with Crippen LogP contribution >= 0.6 is 0 Å². The fourth-order valence-electron chi connectivity index (χ4n) is 1.64. The number of sulfonamides is 1. The van der Waals surface area contributed by atoms with Gasteiger partial charge in [0, 0.05) is 25.0 Å². The average Bonchev–Trinajstić information content (AvgIpc) is 2.72. The van der Waals surface area contributed by atoms with E-state index in [9.17, 15) is 8.42 Å². The Morgan fingerprint density at radius 3 is 2.65 bits per heavy atom. The number of nitrogens with two attached hydrogens (primary N) is 1. The molecule has 1 aromatic carbocycles. The highest BCUT2D eigenvalue weighted by Gasteiger charge is 2.20. The molecular formula is C12H16N4O3S. The van der Waals surface area contributed by atoms with Crippen LogP contribution in [0.4, 0.5) is 11.4 Å². The molecule has 3 N–H and O–H groups in total. The molecule has 1 aromatic heterocycles. The van der Waals surface area contributed by atoms with Crippen LogP contribution in [0.5, 0.6) is 5.75 Å². The van der Waals surface area contributed by atoms with Crippen molar-refractivity contribution in [2.24, 2.45) is 7.05 Å². The fourth-order valence-corrected chi connectivity index (χ4v) is 2.76. The largest absolute Gasteiger partial charge is 0.494 e. The molecule has 0 atom stereocenters. The first-order valence-electron chi connectivity index (χ1n) is 5.80. The molecule has 0 radical (unpaired) electrons. The monoisotopic (exact) mass is 296 g/mol. The van der Waals surface area contributed by atoms with E-state index in [1.807, 2.05) is 0 Å². The van der Waals surface area contributed by atoms with E-state index >= 15 is 0 Å². The zero-order chi connectivity index (χ0) is 14.9. The van der Waals surface area contributed by atoms with Crippen LogP contribution in [0.1, 0.15) is 5.82 Å². The molecule has 20 heavy (non-hydrogen) atoms. The van der Waals surface area contributed by atoms with Crippen molar-refractivity contribution in [2.45, 2.75) is 11.9 Å². The molecule has 0 unspecified atom stereocenters. The van der Waals surface area contributed by atoms with Crippen molar-refractivity contribution in [3.8, 4) is 5.75 Å². The molecule has 0 aliphatic heterocycles. The van der Waals surface area contributed by atoms with Crippen molar-refractivity contribution in [2.75, 3.05) is 17.6 Å².